The lowest BCUT2D eigenvalue weighted by Crippen LogP contribution is -2.45. The van der Waals surface area contributed by atoms with Crippen LogP contribution >= 0.6 is 0 Å². The summed E-state index contributed by atoms with van der Waals surface area (Å²) in [5, 5.41) is 0. The number of nitrogens with zero attached hydrogens (tertiary/aromatic N) is 2. The SMILES string of the molecule is CCc1ccccc1N(CC(=O)N1CCC(C)CC1)C(C)=O. The van der Waals surface area contributed by atoms with Gasteiger partial charge in [0.1, 0.15) is 6.54 Å². The lowest BCUT2D eigenvalue weighted by Gasteiger charge is -2.32. The maximum atomic E-state index is 12.5. The van der Waals surface area contributed by atoms with E-state index in [2.05, 4.69) is 13.8 Å². The molecule has 1 aliphatic heterocycles. The summed E-state index contributed by atoms with van der Waals surface area (Å²) < 4.78 is 0. The van der Waals surface area contributed by atoms with Gasteiger partial charge >= 0.3 is 0 Å². The molecule has 1 aromatic carbocycles. The van der Waals surface area contributed by atoms with Crippen LogP contribution < -0.4 is 4.90 Å². The van der Waals surface area contributed by atoms with E-state index < -0.39 is 0 Å². The van der Waals surface area contributed by atoms with E-state index in [0.717, 1.165) is 43.6 Å². The topological polar surface area (TPSA) is 40.6 Å². The van der Waals surface area contributed by atoms with Gasteiger partial charge in [0.05, 0.1) is 0 Å². The minimum Gasteiger partial charge on any atom is -0.341 e. The summed E-state index contributed by atoms with van der Waals surface area (Å²) in [5.74, 6) is 0.654. The first-order chi connectivity index (χ1) is 10.5. The minimum absolute atomic E-state index is 0.0491. The van der Waals surface area contributed by atoms with Crippen LogP contribution in [0.4, 0.5) is 5.69 Å². The molecule has 0 aliphatic carbocycles. The molecule has 1 saturated heterocycles. The number of hydrogen-bond donors (Lipinski definition) is 0. The van der Waals surface area contributed by atoms with Crippen LogP contribution in [0.3, 0.4) is 0 Å². The molecular weight excluding hydrogens is 276 g/mol. The molecular formula is C18H26N2O2. The van der Waals surface area contributed by atoms with Gasteiger partial charge in [-0.15, -0.1) is 0 Å². The Kier molecular flexibility index (Phi) is 5.58. The van der Waals surface area contributed by atoms with Gasteiger partial charge in [0.15, 0.2) is 0 Å². The first-order valence-electron chi connectivity index (χ1n) is 8.16. The Balaban J connectivity index is 2.12. The summed E-state index contributed by atoms with van der Waals surface area (Å²) in [4.78, 5) is 28.1. The van der Waals surface area contributed by atoms with Crippen molar-refractivity contribution in [3.63, 3.8) is 0 Å². The maximum absolute atomic E-state index is 12.5. The second-order valence-corrected chi connectivity index (χ2v) is 6.15. The Morgan fingerprint density at radius 2 is 1.86 bits per heavy atom. The van der Waals surface area contributed by atoms with Crippen molar-refractivity contribution in [2.75, 3.05) is 24.5 Å². The summed E-state index contributed by atoms with van der Waals surface area (Å²) >= 11 is 0. The van der Waals surface area contributed by atoms with Crippen LogP contribution in [0, 0.1) is 5.92 Å². The average molecular weight is 302 g/mol. The second-order valence-electron chi connectivity index (χ2n) is 6.15. The molecule has 4 heteroatoms. The highest BCUT2D eigenvalue weighted by atomic mass is 16.2. The van der Waals surface area contributed by atoms with Crippen LogP contribution in [0.1, 0.15) is 39.2 Å². The van der Waals surface area contributed by atoms with Gasteiger partial charge < -0.3 is 9.80 Å². The number of benzene rings is 1. The third-order valence-corrected chi connectivity index (χ3v) is 4.47. The van der Waals surface area contributed by atoms with Gasteiger partial charge in [-0.1, -0.05) is 32.0 Å². The number of hydrogen-bond acceptors (Lipinski definition) is 2. The van der Waals surface area contributed by atoms with E-state index in [0.29, 0.717) is 5.92 Å². The van der Waals surface area contributed by atoms with E-state index in [4.69, 9.17) is 0 Å². The summed E-state index contributed by atoms with van der Waals surface area (Å²) in [5.41, 5.74) is 1.95. The Morgan fingerprint density at radius 1 is 1.23 bits per heavy atom. The number of aryl methyl sites for hydroxylation is 1. The predicted molar refractivity (Wildman–Crippen MR) is 88.8 cm³/mol. The highest BCUT2D eigenvalue weighted by Gasteiger charge is 2.24. The number of para-hydroxylation sites is 1. The van der Waals surface area contributed by atoms with Crippen molar-refractivity contribution in [2.24, 2.45) is 5.92 Å². The molecule has 0 N–H and O–H groups in total. The van der Waals surface area contributed by atoms with Crippen LogP contribution in [0.25, 0.3) is 0 Å². The lowest BCUT2D eigenvalue weighted by atomic mass is 9.99. The van der Waals surface area contributed by atoms with Gasteiger partial charge in [0.2, 0.25) is 11.8 Å². The van der Waals surface area contributed by atoms with Crippen molar-refractivity contribution in [3.8, 4) is 0 Å². The summed E-state index contributed by atoms with van der Waals surface area (Å²) in [6.07, 6.45) is 2.95. The first-order valence-corrected chi connectivity index (χ1v) is 8.16. The monoisotopic (exact) mass is 302 g/mol. The molecule has 0 unspecified atom stereocenters. The highest BCUT2D eigenvalue weighted by Crippen LogP contribution is 2.22. The molecule has 2 rings (SSSR count). The molecule has 1 aliphatic rings. The van der Waals surface area contributed by atoms with Gasteiger partial charge in [-0.2, -0.15) is 0 Å². The van der Waals surface area contributed by atoms with Crippen molar-refractivity contribution in [3.05, 3.63) is 29.8 Å². The largest absolute Gasteiger partial charge is 0.341 e. The zero-order valence-electron chi connectivity index (χ0n) is 13.8. The van der Waals surface area contributed by atoms with Crippen molar-refractivity contribution in [1.29, 1.82) is 0 Å². The molecule has 0 bridgehead atoms. The Hall–Kier alpha value is -1.84. The normalized spacial score (nSPS) is 15.7. The fraction of sp³-hybridized carbons (Fsp3) is 0.556. The molecule has 22 heavy (non-hydrogen) atoms. The van der Waals surface area contributed by atoms with Gasteiger partial charge in [-0.25, -0.2) is 0 Å². The van der Waals surface area contributed by atoms with Crippen molar-refractivity contribution < 1.29 is 9.59 Å². The smallest absolute Gasteiger partial charge is 0.242 e. The molecule has 0 aromatic heterocycles. The number of likely N-dealkylation sites (tertiary alicyclic amines) is 1. The summed E-state index contributed by atoms with van der Waals surface area (Å²) in [6, 6.07) is 7.82. The molecule has 1 aromatic rings. The number of anilines is 1. The summed E-state index contributed by atoms with van der Waals surface area (Å²) in [6.45, 7) is 7.56. The van der Waals surface area contributed by atoms with E-state index in [1.165, 1.54) is 6.92 Å². The minimum atomic E-state index is -0.0837. The van der Waals surface area contributed by atoms with Crippen LogP contribution in [0.2, 0.25) is 0 Å². The molecule has 120 valence electrons. The van der Waals surface area contributed by atoms with Crippen LogP contribution in [-0.4, -0.2) is 36.3 Å². The molecule has 0 atom stereocenters. The molecule has 0 radical (unpaired) electrons. The van der Waals surface area contributed by atoms with Crippen LogP contribution in [0.5, 0.6) is 0 Å². The van der Waals surface area contributed by atoms with Gasteiger partial charge in [0, 0.05) is 25.7 Å². The van der Waals surface area contributed by atoms with E-state index >= 15 is 0 Å². The van der Waals surface area contributed by atoms with Crippen molar-refractivity contribution >= 4 is 17.5 Å². The van der Waals surface area contributed by atoms with Gasteiger partial charge in [-0.05, 0) is 36.8 Å². The van der Waals surface area contributed by atoms with Crippen LogP contribution in [0.15, 0.2) is 24.3 Å². The number of carbonyl (C=O) groups excluding carboxylic acids is 2. The zero-order chi connectivity index (χ0) is 16.1. The number of carbonyl (C=O) groups is 2. The Morgan fingerprint density at radius 3 is 2.45 bits per heavy atom. The number of rotatable bonds is 4. The van der Waals surface area contributed by atoms with Gasteiger partial charge in [-0.3, -0.25) is 9.59 Å². The Bertz CT molecular complexity index is 534. The fourth-order valence-corrected chi connectivity index (χ4v) is 2.93. The second kappa shape index (κ2) is 7.43. The molecule has 1 fully saturated rings. The van der Waals surface area contributed by atoms with E-state index in [1.807, 2.05) is 29.2 Å². The third-order valence-electron chi connectivity index (χ3n) is 4.47. The lowest BCUT2D eigenvalue weighted by molar-refractivity contribution is -0.132. The van der Waals surface area contributed by atoms with Crippen molar-refractivity contribution in [1.82, 2.24) is 4.90 Å². The molecule has 1 heterocycles. The average Bonchev–Trinajstić information content (AvgIpc) is 2.52. The quantitative estimate of drug-likeness (QED) is 0.858. The molecule has 2 amide bonds. The number of amides is 2. The molecule has 0 saturated carbocycles. The molecule has 4 nitrogen and oxygen atoms in total. The predicted octanol–water partition coefficient (Wildman–Crippen LogP) is 2.86. The van der Waals surface area contributed by atoms with E-state index in [-0.39, 0.29) is 18.4 Å². The van der Waals surface area contributed by atoms with E-state index in [1.54, 1.807) is 4.90 Å². The first kappa shape index (κ1) is 16.5. The highest BCUT2D eigenvalue weighted by molar-refractivity contribution is 5.98. The number of piperidine rings is 1. The van der Waals surface area contributed by atoms with Crippen molar-refractivity contribution in [2.45, 2.75) is 40.0 Å². The summed E-state index contributed by atoms with van der Waals surface area (Å²) in [7, 11) is 0. The Labute approximate surface area is 133 Å². The standard InChI is InChI=1S/C18H26N2O2/c1-4-16-7-5-6-8-17(16)20(15(3)21)13-18(22)19-11-9-14(2)10-12-19/h5-8,14H,4,9-13H2,1-3H3. The maximum Gasteiger partial charge on any atom is 0.242 e. The van der Waals surface area contributed by atoms with E-state index in [9.17, 15) is 9.59 Å². The fourth-order valence-electron chi connectivity index (χ4n) is 2.93. The third kappa shape index (κ3) is 3.87. The molecule has 0 spiro atoms. The zero-order valence-corrected chi connectivity index (χ0v) is 13.8. The van der Waals surface area contributed by atoms with Gasteiger partial charge in [0.25, 0.3) is 0 Å². The van der Waals surface area contributed by atoms with Crippen LogP contribution in [-0.2, 0) is 16.0 Å².